The fraction of sp³-hybridized carbons (Fsp3) is 0.308. The summed E-state index contributed by atoms with van der Waals surface area (Å²) in [5, 5.41) is 2.94. The molecule has 1 saturated heterocycles. The average Bonchev–Trinajstić information content (AvgIpc) is 3.51. The Labute approximate surface area is 188 Å². The van der Waals surface area contributed by atoms with E-state index in [9.17, 15) is 9.59 Å². The summed E-state index contributed by atoms with van der Waals surface area (Å²) in [6.07, 6.45) is 3.96. The Kier molecular flexibility index (Phi) is 7.02. The van der Waals surface area contributed by atoms with Crippen LogP contribution in [0.2, 0.25) is 0 Å². The Hall–Kier alpha value is -3.38. The van der Waals surface area contributed by atoms with E-state index in [1.807, 2.05) is 49.4 Å². The van der Waals surface area contributed by atoms with Crippen molar-refractivity contribution in [1.29, 1.82) is 0 Å². The first-order valence-electron chi connectivity index (χ1n) is 11.0. The van der Waals surface area contributed by atoms with Gasteiger partial charge in [0.2, 0.25) is 5.91 Å². The van der Waals surface area contributed by atoms with E-state index >= 15 is 0 Å². The van der Waals surface area contributed by atoms with Gasteiger partial charge in [0.25, 0.3) is 5.91 Å². The van der Waals surface area contributed by atoms with Gasteiger partial charge in [-0.25, -0.2) is 0 Å². The third kappa shape index (κ3) is 5.65. The Bertz CT molecular complexity index is 1040. The van der Waals surface area contributed by atoms with Crippen LogP contribution in [0.4, 0.5) is 5.69 Å². The molecule has 1 fully saturated rings. The molecule has 0 aliphatic carbocycles. The van der Waals surface area contributed by atoms with Gasteiger partial charge in [-0.1, -0.05) is 42.0 Å². The van der Waals surface area contributed by atoms with Gasteiger partial charge in [-0.05, 0) is 55.2 Å². The molecule has 1 aromatic heterocycles. The zero-order valence-electron chi connectivity index (χ0n) is 18.3. The number of hydrogen-bond acceptors (Lipinski definition) is 4. The minimum absolute atomic E-state index is 0.0310. The maximum absolute atomic E-state index is 13.1. The van der Waals surface area contributed by atoms with Gasteiger partial charge in [0.05, 0.1) is 25.3 Å². The standard InChI is InChI=1S/C26H28N2O4/c1-19-5-2-6-21(15-19)18-28(26(30)24-8-4-14-32-24)22-11-9-20(10-12-22)16-25(29)27-17-23-7-3-13-31-23/h2,4-6,8-12,14-15,23H,3,7,13,16-18H2,1H3,(H,27,29)/t23-/m0/s1. The molecule has 1 aliphatic rings. The van der Waals surface area contributed by atoms with Crippen molar-refractivity contribution in [2.75, 3.05) is 18.1 Å². The van der Waals surface area contributed by atoms with Crippen LogP contribution in [0.1, 0.15) is 40.1 Å². The lowest BCUT2D eigenvalue weighted by Crippen LogP contribution is -2.32. The number of carbonyl (C=O) groups excluding carboxylic acids is 2. The lowest BCUT2D eigenvalue weighted by Gasteiger charge is -2.22. The molecule has 1 atom stereocenters. The van der Waals surface area contributed by atoms with Crippen molar-refractivity contribution in [2.24, 2.45) is 0 Å². The van der Waals surface area contributed by atoms with E-state index in [1.165, 1.54) is 6.26 Å². The van der Waals surface area contributed by atoms with E-state index in [0.29, 0.717) is 13.1 Å². The topological polar surface area (TPSA) is 71.8 Å². The first kappa shape index (κ1) is 21.8. The second-order valence-electron chi connectivity index (χ2n) is 8.14. The summed E-state index contributed by atoms with van der Waals surface area (Å²) in [6.45, 7) is 3.78. The Morgan fingerprint density at radius 3 is 2.59 bits per heavy atom. The van der Waals surface area contributed by atoms with Crippen LogP contribution < -0.4 is 10.2 Å². The third-order valence-electron chi connectivity index (χ3n) is 5.56. The number of carbonyl (C=O) groups is 2. The van der Waals surface area contributed by atoms with Gasteiger partial charge in [-0.3, -0.25) is 9.59 Å². The lowest BCUT2D eigenvalue weighted by molar-refractivity contribution is -0.120. The molecule has 0 radical (unpaired) electrons. The molecule has 2 heterocycles. The minimum atomic E-state index is -0.210. The van der Waals surface area contributed by atoms with Gasteiger partial charge in [-0.15, -0.1) is 0 Å². The van der Waals surface area contributed by atoms with Gasteiger partial charge < -0.3 is 19.4 Å². The van der Waals surface area contributed by atoms with Crippen molar-refractivity contribution in [3.63, 3.8) is 0 Å². The van der Waals surface area contributed by atoms with E-state index in [1.54, 1.807) is 17.0 Å². The number of furan rings is 1. The molecule has 2 aromatic carbocycles. The van der Waals surface area contributed by atoms with Gasteiger partial charge in [0, 0.05) is 18.8 Å². The molecule has 0 spiro atoms. The summed E-state index contributed by atoms with van der Waals surface area (Å²) in [6, 6.07) is 19.0. The monoisotopic (exact) mass is 432 g/mol. The molecule has 0 unspecified atom stereocenters. The molecule has 6 heteroatoms. The van der Waals surface area contributed by atoms with Crippen molar-refractivity contribution >= 4 is 17.5 Å². The van der Waals surface area contributed by atoms with Crippen LogP contribution in [-0.4, -0.2) is 31.1 Å². The summed E-state index contributed by atoms with van der Waals surface area (Å²) in [5.41, 5.74) is 3.80. The number of aryl methyl sites for hydroxylation is 1. The van der Waals surface area contributed by atoms with Crippen molar-refractivity contribution in [1.82, 2.24) is 5.32 Å². The molecule has 166 valence electrons. The predicted molar refractivity (Wildman–Crippen MR) is 123 cm³/mol. The van der Waals surface area contributed by atoms with E-state index in [0.717, 1.165) is 41.8 Å². The molecule has 32 heavy (non-hydrogen) atoms. The Balaban J connectivity index is 1.45. The van der Waals surface area contributed by atoms with Gasteiger partial charge in [0.15, 0.2) is 5.76 Å². The highest BCUT2D eigenvalue weighted by molar-refractivity contribution is 6.04. The Morgan fingerprint density at radius 1 is 1.06 bits per heavy atom. The average molecular weight is 433 g/mol. The van der Waals surface area contributed by atoms with Gasteiger partial charge >= 0.3 is 0 Å². The minimum Gasteiger partial charge on any atom is -0.459 e. The maximum atomic E-state index is 13.1. The molecular weight excluding hydrogens is 404 g/mol. The van der Waals surface area contributed by atoms with Crippen LogP contribution in [0.15, 0.2) is 71.3 Å². The number of amides is 2. The second kappa shape index (κ2) is 10.3. The molecule has 3 aromatic rings. The van der Waals surface area contributed by atoms with E-state index in [4.69, 9.17) is 9.15 Å². The number of benzene rings is 2. The maximum Gasteiger partial charge on any atom is 0.294 e. The van der Waals surface area contributed by atoms with Crippen LogP contribution in [0.25, 0.3) is 0 Å². The highest BCUT2D eigenvalue weighted by atomic mass is 16.5. The molecule has 4 rings (SSSR count). The molecule has 1 N–H and O–H groups in total. The van der Waals surface area contributed by atoms with Crippen LogP contribution in [-0.2, 0) is 22.5 Å². The number of nitrogens with one attached hydrogen (secondary N) is 1. The molecule has 2 amide bonds. The number of ether oxygens (including phenoxy) is 1. The summed E-state index contributed by atoms with van der Waals surface area (Å²) >= 11 is 0. The zero-order valence-corrected chi connectivity index (χ0v) is 18.3. The number of hydrogen-bond donors (Lipinski definition) is 1. The summed E-state index contributed by atoms with van der Waals surface area (Å²) in [5.74, 6) is 0.0466. The molecule has 0 saturated carbocycles. The van der Waals surface area contributed by atoms with Gasteiger partial charge in [-0.2, -0.15) is 0 Å². The van der Waals surface area contributed by atoms with Crippen LogP contribution in [0.3, 0.4) is 0 Å². The predicted octanol–water partition coefficient (Wildman–Crippen LogP) is 4.27. The van der Waals surface area contributed by atoms with E-state index in [-0.39, 0.29) is 30.1 Å². The third-order valence-corrected chi connectivity index (χ3v) is 5.56. The second-order valence-corrected chi connectivity index (χ2v) is 8.14. The zero-order chi connectivity index (χ0) is 22.3. The quantitative estimate of drug-likeness (QED) is 0.577. The highest BCUT2D eigenvalue weighted by Gasteiger charge is 2.21. The van der Waals surface area contributed by atoms with Crippen LogP contribution >= 0.6 is 0 Å². The van der Waals surface area contributed by atoms with Crippen molar-refractivity contribution in [3.05, 3.63) is 89.4 Å². The smallest absolute Gasteiger partial charge is 0.294 e. The summed E-state index contributed by atoms with van der Waals surface area (Å²) in [4.78, 5) is 27.1. The van der Waals surface area contributed by atoms with Crippen LogP contribution in [0.5, 0.6) is 0 Å². The fourth-order valence-electron chi connectivity index (χ4n) is 3.88. The molecular formula is C26H28N2O4. The number of anilines is 1. The summed E-state index contributed by atoms with van der Waals surface area (Å²) in [7, 11) is 0. The van der Waals surface area contributed by atoms with Gasteiger partial charge in [0.1, 0.15) is 0 Å². The first-order valence-corrected chi connectivity index (χ1v) is 11.0. The van der Waals surface area contributed by atoms with E-state index < -0.39 is 0 Å². The number of nitrogens with zero attached hydrogens (tertiary/aromatic N) is 1. The normalized spacial score (nSPS) is 15.5. The lowest BCUT2D eigenvalue weighted by atomic mass is 10.1. The van der Waals surface area contributed by atoms with E-state index in [2.05, 4.69) is 11.4 Å². The fourth-order valence-corrected chi connectivity index (χ4v) is 3.88. The SMILES string of the molecule is Cc1cccc(CN(C(=O)c2ccco2)c2ccc(CC(=O)NC[C@@H]3CCCO3)cc2)c1. The molecule has 1 aliphatic heterocycles. The number of rotatable bonds is 8. The van der Waals surface area contributed by atoms with Crippen molar-refractivity contribution < 1.29 is 18.7 Å². The Morgan fingerprint density at radius 2 is 1.91 bits per heavy atom. The highest BCUT2D eigenvalue weighted by Crippen LogP contribution is 2.22. The largest absolute Gasteiger partial charge is 0.459 e. The molecule has 6 nitrogen and oxygen atoms in total. The first-order chi connectivity index (χ1) is 15.6. The van der Waals surface area contributed by atoms with Crippen molar-refractivity contribution in [2.45, 2.75) is 38.8 Å². The molecule has 0 bridgehead atoms. The van der Waals surface area contributed by atoms with Crippen LogP contribution in [0, 0.1) is 6.92 Å². The summed E-state index contributed by atoms with van der Waals surface area (Å²) < 4.78 is 10.9. The van der Waals surface area contributed by atoms with Crippen molar-refractivity contribution in [3.8, 4) is 0 Å².